The van der Waals surface area contributed by atoms with Gasteiger partial charge in [0.2, 0.25) is 11.8 Å². The first-order valence-electron chi connectivity index (χ1n) is 8.37. The quantitative estimate of drug-likeness (QED) is 0.554. The Balaban J connectivity index is 1.49. The van der Waals surface area contributed by atoms with Crippen molar-refractivity contribution in [3.63, 3.8) is 0 Å². The molecule has 0 aliphatic rings. The molecule has 0 radical (unpaired) electrons. The Morgan fingerprint density at radius 1 is 1.00 bits per heavy atom. The molecular formula is C20H18N4O2. The molecule has 130 valence electrons. The number of nitrogens with zero attached hydrogens (tertiary/aromatic N) is 3. The van der Waals surface area contributed by atoms with Gasteiger partial charge in [-0.05, 0) is 43.3 Å². The van der Waals surface area contributed by atoms with Crippen LogP contribution in [0.5, 0.6) is 11.5 Å². The molecule has 0 fully saturated rings. The number of anilines is 1. The monoisotopic (exact) mass is 346 g/mol. The van der Waals surface area contributed by atoms with E-state index in [4.69, 9.17) is 9.15 Å². The van der Waals surface area contributed by atoms with E-state index in [-0.39, 0.29) is 6.04 Å². The van der Waals surface area contributed by atoms with Crippen LogP contribution in [0.3, 0.4) is 0 Å². The van der Waals surface area contributed by atoms with E-state index in [9.17, 15) is 0 Å². The van der Waals surface area contributed by atoms with Crippen LogP contribution < -0.4 is 10.1 Å². The fourth-order valence-corrected chi connectivity index (χ4v) is 2.70. The highest BCUT2D eigenvalue weighted by atomic mass is 16.5. The molecule has 4 rings (SSSR count). The summed E-state index contributed by atoms with van der Waals surface area (Å²) >= 11 is 0. The predicted octanol–water partition coefficient (Wildman–Crippen LogP) is 4.89. The highest BCUT2D eigenvalue weighted by Crippen LogP contribution is 2.29. The summed E-state index contributed by atoms with van der Waals surface area (Å²) in [5.74, 6) is 2.60. The summed E-state index contributed by atoms with van der Waals surface area (Å²) in [7, 11) is 0. The van der Waals surface area contributed by atoms with Crippen LogP contribution in [0.1, 0.15) is 24.7 Å². The lowest BCUT2D eigenvalue weighted by Gasteiger charge is -2.12. The summed E-state index contributed by atoms with van der Waals surface area (Å²) in [6.07, 6.45) is 1.77. The van der Waals surface area contributed by atoms with E-state index in [1.807, 2.05) is 61.5 Å². The van der Waals surface area contributed by atoms with E-state index in [1.165, 1.54) is 0 Å². The molecule has 6 nitrogen and oxygen atoms in total. The summed E-state index contributed by atoms with van der Waals surface area (Å²) in [6.45, 7) is 3.75. The van der Waals surface area contributed by atoms with Gasteiger partial charge in [0, 0.05) is 24.2 Å². The summed E-state index contributed by atoms with van der Waals surface area (Å²) in [5.41, 5.74) is 1.79. The third-order valence-corrected chi connectivity index (χ3v) is 3.97. The van der Waals surface area contributed by atoms with Gasteiger partial charge in [-0.25, -0.2) is 0 Å². The van der Waals surface area contributed by atoms with Crippen LogP contribution in [0.15, 0.2) is 65.2 Å². The molecule has 0 spiro atoms. The number of benzene rings is 2. The molecule has 26 heavy (non-hydrogen) atoms. The van der Waals surface area contributed by atoms with Crippen LogP contribution in [0.25, 0.3) is 10.9 Å². The molecule has 0 saturated carbocycles. The predicted molar refractivity (Wildman–Crippen MR) is 99.3 cm³/mol. The molecule has 0 bridgehead atoms. The third kappa shape index (κ3) is 3.35. The third-order valence-electron chi connectivity index (χ3n) is 3.97. The standard InChI is InChI=1S/C20H18N4O2/c1-13(20-24-23-14(2)25-20)22-16-8-10-17(11-9-16)26-18-7-3-5-15-6-4-12-21-19(15)18/h3-13,22H,1-2H3/t13-/m1/s1. The van der Waals surface area contributed by atoms with Crippen LogP contribution in [0, 0.1) is 6.92 Å². The van der Waals surface area contributed by atoms with E-state index in [0.29, 0.717) is 11.8 Å². The Labute approximate surface area is 150 Å². The fraction of sp³-hybridized carbons (Fsp3) is 0.150. The van der Waals surface area contributed by atoms with Crippen LogP contribution in [-0.2, 0) is 0 Å². The average Bonchev–Trinajstić information content (AvgIpc) is 3.10. The maximum atomic E-state index is 6.01. The minimum absolute atomic E-state index is 0.0785. The van der Waals surface area contributed by atoms with Gasteiger partial charge in [0.15, 0.2) is 5.75 Å². The smallest absolute Gasteiger partial charge is 0.238 e. The molecule has 1 atom stereocenters. The molecular weight excluding hydrogens is 328 g/mol. The molecule has 2 aromatic heterocycles. The zero-order valence-corrected chi connectivity index (χ0v) is 14.5. The summed E-state index contributed by atoms with van der Waals surface area (Å²) in [5, 5.41) is 12.3. The van der Waals surface area contributed by atoms with Crippen molar-refractivity contribution in [2.75, 3.05) is 5.32 Å². The molecule has 0 saturated heterocycles. The van der Waals surface area contributed by atoms with Crippen molar-refractivity contribution < 1.29 is 9.15 Å². The van der Waals surface area contributed by atoms with Gasteiger partial charge in [0.05, 0.1) is 0 Å². The van der Waals surface area contributed by atoms with E-state index >= 15 is 0 Å². The van der Waals surface area contributed by atoms with Crippen LogP contribution >= 0.6 is 0 Å². The highest BCUT2D eigenvalue weighted by molar-refractivity contribution is 5.84. The van der Waals surface area contributed by atoms with Gasteiger partial charge < -0.3 is 14.5 Å². The first-order chi connectivity index (χ1) is 12.7. The lowest BCUT2D eigenvalue weighted by Crippen LogP contribution is -2.06. The van der Waals surface area contributed by atoms with Gasteiger partial charge >= 0.3 is 0 Å². The molecule has 2 heterocycles. The van der Waals surface area contributed by atoms with E-state index in [0.717, 1.165) is 28.1 Å². The average molecular weight is 346 g/mol. The van der Waals surface area contributed by atoms with Crippen molar-refractivity contribution >= 4 is 16.6 Å². The Bertz CT molecular complexity index is 1020. The second-order valence-corrected chi connectivity index (χ2v) is 5.98. The number of nitrogens with one attached hydrogen (secondary N) is 1. The number of ether oxygens (including phenoxy) is 1. The number of para-hydroxylation sites is 1. The van der Waals surface area contributed by atoms with Gasteiger partial charge in [-0.1, -0.05) is 18.2 Å². The van der Waals surface area contributed by atoms with Gasteiger partial charge in [-0.3, -0.25) is 4.98 Å². The number of rotatable bonds is 5. The number of pyridine rings is 1. The van der Waals surface area contributed by atoms with Gasteiger partial charge in [0.25, 0.3) is 0 Å². The zero-order valence-electron chi connectivity index (χ0n) is 14.5. The molecule has 0 unspecified atom stereocenters. The first-order valence-corrected chi connectivity index (χ1v) is 8.37. The number of fused-ring (bicyclic) bond motifs is 1. The number of aromatic nitrogens is 3. The van der Waals surface area contributed by atoms with E-state index < -0.39 is 0 Å². The minimum atomic E-state index is -0.0785. The molecule has 0 aliphatic heterocycles. The molecule has 0 amide bonds. The highest BCUT2D eigenvalue weighted by Gasteiger charge is 2.12. The lowest BCUT2D eigenvalue weighted by molar-refractivity contribution is 0.451. The SMILES string of the molecule is Cc1nnc([C@@H](C)Nc2ccc(Oc3cccc4cccnc34)cc2)o1. The molecule has 1 N–H and O–H groups in total. The van der Waals surface area contributed by atoms with Crippen molar-refractivity contribution in [2.45, 2.75) is 19.9 Å². The molecule has 6 heteroatoms. The first kappa shape index (κ1) is 16.1. The van der Waals surface area contributed by atoms with Crippen molar-refractivity contribution in [2.24, 2.45) is 0 Å². The second-order valence-electron chi connectivity index (χ2n) is 5.98. The Hall–Kier alpha value is -3.41. The van der Waals surface area contributed by atoms with Gasteiger partial charge in [-0.2, -0.15) is 0 Å². The number of hydrogen-bond donors (Lipinski definition) is 1. The van der Waals surface area contributed by atoms with Gasteiger partial charge in [0.1, 0.15) is 17.3 Å². The van der Waals surface area contributed by atoms with Crippen molar-refractivity contribution in [3.8, 4) is 11.5 Å². The van der Waals surface area contributed by atoms with Crippen LogP contribution in [0.4, 0.5) is 5.69 Å². The number of hydrogen-bond acceptors (Lipinski definition) is 6. The number of aryl methyl sites for hydroxylation is 1. The lowest BCUT2D eigenvalue weighted by atomic mass is 10.2. The van der Waals surface area contributed by atoms with Crippen molar-refractivity contribution in [1.82, 2.24) is 15.2 Å². The molecule has 0 aliphatic carbocycles. The Morgan fingerprint density at radius 3 is 2.58 bits per heavy atom. The van der Waals surface area contributed by atoms with E-state index in [2.05, 4.69) is 20.5 Å². The molecule has 2 aromatic carbocycles. The van der Waals surface area contributed by atoms with Crippen LogP contribution in [-0.4, -0.2) is 15.2 Å². The van der Waals surface area contributed by atoms with E-state index in [1.54, 1.807) is 13.1 Å². The minimum Gasteiger partial charge on any atom is -0.455 e. The van der Waals surface area contributed by atoms with Crippen molar-refractivity contribution in [3.05, 3.63) is 72.6 Å². The van der Waals surface area contributed by atoms with Gasteiger partial charge in [-0.15, -0.1) is 10.2 Å². The normalized spacial score (nSPS) is 12.1. The summed E-state index contributed by atoms with van der Waals surface area (Å²) < 4.78 is 11.5. The maximum Gasteiger partial charge on any atom is 0.238 e. The van der Waals surface area contributed by atoms with Crippen molar-refractivity contribution in [1.29, 1.82) is 0 Å². The summed E-state index contributed by atoms with van der Waals surface area (Å²) in [4.78, 5) is 4.41. The Morgan fingerprint density at radius 2 is 1.81 bits per heavy atom. The Kier molecular flexibility index (Phi) is 4.23. The maximum absolute atomic E-state index is 6.01. The fourth-order valence-electron chi connectivity index (χ4n) is 2.70. The topological polar surface area (TPSA) is 73.1 Å². The largest absolute Gasteiger partial charge is 0.455 e. The summed E-state index contributed by atoms with van der Waals surface area (Å²) in [6, 6.07) is 17.5. The second kappa shape index (κ2) is 6.84. The van der Waals surface area contributed by atoms with Crippen LogP contribution in [0.2, 0.25) is 0 Å². The molecule has 4 aromatic rings. The zero-order chi connectivity index (χ0) is 17.9.